The summed E-state index contributed by atoms with van der Waals surface area (Å²) in [4.78, 5) is 23.3. The number of hydrogen-bond donors (Lipinski definition) is 3. The average Bonchev–Trinajstić information content (AvgIpc) is 2.50. The molecule has 0 aromatic heterocycles. The maximum Gasteiger partial charge on any atom is 0.340 e. The third-order valence-corrected chi connectivity index (χ3v) is 4.17. The molecule has 1 aliphatic rings. The number of nitrogens with one attached hydrogen (secondary N) is 2. The van der Waals surface area contributed by atoms with Gasteiger partial charge in [0.05, 0.1) is 23.4 Å². The summed E-state index contributed by atoms with van der Waals surface area (Å²) in [6.45, 7) is 2.60. The van der Waals surface area contributed by atoms with E-state index < -0.39 is 39.6 Å². The van der Waals surface area contributed by atoms with Crippen LogP contribution in [0.1, 0.15) is 18.1 Å². The molecule has 1 aliphatic heterocycles. The van der Waals surface area contributed by atoms with Gasteiger partial charge in [-0.3, -0.25) is 4.79 Å². The Bertz CT molecular complexity index is 823. The van der Waals surface area contributed by atoms with Crippen LogP contribution in [0.2, 0.25) is 0 Å². The van der Waals surface area contributed by atoms with Gasteiger partial charge in [-0.25, -0.2) is 13.6 Å². The molecule has 0 bridgehead atoms. The number of aryl methyl sites for hydroxylation is 1. The van der Waals surface area contributed by atoms with Crippen molar-refractivity contribution in [2.75, 3.05) is 7.11 Å². The van der Waals surface area contributed by atoms with Crippen molar-refractivity contribution in [3.63, 3.8) is 0 Å². The van der Waals surface area contributed by atoms with E-state index in [0.717, 1.165) is 12.3 Å². The number of benzene rings is 1. The van der Waals surface area contributed by atoms with Gasteiger partial charge in [-0.15, -0.1) is 0 Å². The highest BCUT2D eigenvalue weighted by atomic mass is 35.5. The maximum atomic E-state index is 14.9. The zero-order chi connectivity index (χ0) is 18.9. The van der Waals surface area contributed by atoms with Crippen molar-refractivity contribution in [2.45, 2.75) is 19.4 Å². The SMILES string of the molecule is COc1c(C)cc(F)c(C2(C(=O)O)NC=CC(NC(C)=O)=C2Cl)c1F. The quantitative estimate of drug-likeness (QED) is 0.754. The first-order chi connectivity index (χ1) is 11.7. The smallest absolute Gasteiger partial charge is 0.340 e. The van der Waals surface area contributed by atoms with Crippen molar-refractivity contribution in [3.8, 4) is 5.75 Å². The largest absolute Gasteiger partial charge is 0.493 e. The highest BCUT2D eigenvalue weighted by Gasteiger charge is 2.50. The second kappa shape index (κ2) is 6.72. The fraction of sp³-hybridized carbons (Fsp3) is 0.250. The van der Waals surface area contributed by atoms with Gasteiger partial charge >= 0.3 is 5.97 Å². The maximum absolute atomic E-state index is 14.9. The standard InChI is InChI=1S/C16H15ClF2N2O4/c1-7-6-9(18)11(12(19)13(7)25-3)16(15(23)24)14(17)10(4-5-20-16)21-8(2)22/h4-6,20H,1-3H3,(H,21,22)(H,23,24). The fourth-order valence-electron chi connectivity index (χ4n) is 2.63. The summed E-state index contributed by atoms with van der Waals surface area (Å²) in [7, 11) is 1.18. The molecular formula is C16H15ClF2N2O4. The van der Waals surface area contributed by atoms with E-state index in [1.165, 1.54) is 27.0 Å². The van der Waals surface area contributed by atoms with E-state index >= 15 is 0 Å². The van der Waals surface area contributed by atoms with Crippen LogP contribution in [-0.4, -0.2) is 24.1 Å². The van der Waals surface area contributed by atoms with Crippen molar-refractivity contribution >= 4 is 23.5 Å². The molecule has 9 heteroatoms. The molecule has 3 N–H and O–H groups in total. The Balaban J connectivity index is 2.84. The molecule has 1 aromatic carbocycles. The van der Waals surface area contributed by atoms with Crippen LogP contribution in [0.5, 0.6) is 5.75 Å². The summed E-state index contributed by atoms with van der Waals surface area (Å²) in [5, 5.41) is 14.0. The normalized spacial score (nSPS) is 19.4. The van der Waals surface area contributed by atoms with Crippen molar-refractivity contribution in [3.05, 3.63) is 51.8 Å². The predicted octanol–water partition coefficient (Wildman–Crippen LogP) is 2.27. The molecule has 0 fully saturated rings. The van der Waals surface area contributed by atoms with Crippen molar-refractivity contribution in [2.24, 2.45) is 0 Å². The number of allylic oxidation sites excluding steroid dienone is 1. The van der Waals surface area contributed by atoms with E-state index in [0.29, 0.717) is 0 Å². The van der Waals surface area contributed by atoms with Crippen LogP contribution in [0.25, 0.3) is 0 Å². The van der Waals surface area contributed by atoms with Crippen LogP contribution in [0.3, 0.4) is 0 Å². The number of carboxylic acids is 1. The minimum absolute atomic E-state index is 0.0892. The van der Waals surface area contributed by atoms with Gasteiger partial charge in [0.15, 0.2) is 11.6 Å². The minimum atomic E-state index is -2.47. The van der Waals surface area contributed by atoms with Gasteiger partial charge in [-0.2, -0.15) is 0 Å². The Labute approximate surface area is 147 Å². The molecule has 0 spiro atoms. The third-order valence-electron chi connectivity index (χ3n) is 3.69. The number of ether oxygens (including phenoxy) is 1. The molecule has 6 nitrogen and oxygen atoms in total. The molecule has 0 saturated carbocycles. The molecule has 25 heavy (non-hydrogen) atoms. The number of halogens is 3. The lowest BCUT2D eigenvalue weighted by molar-refractivity contribution is -0.143. The molecule has 1 aromatic rings. The highest BCUT2D eigenvalue weighted by Crippen LogP contribution is 2.42. The van der Waals surface area contributed by atoms with Crippen LogP contribution in [0.15, 0.2) is 29.1 Å². The lowest BCUT2D eigenvalue weighted by Gasteiger charge is -2.34. The number of rotatable bonds is 4. The molecule has 134 valence electrons. The summed E-state index contributed by atoms with van der Waals surface area (Å²) < 4.78 is 34.4. The number of carboxylic acid groups (broad SMARTS) is 1. The van der Waals surface area contributed by atoms with Gasteiger partial charge in [-0.1, -0.05) is 11.6 Å². The Kier molecular flexibility index (Phi) is 5.03. The van der Waals surface area contributed by atoms with Crippen LogP contribution >= 0.6 is 11.6 Å². The average molecular weight is 373 g/mol. The number of aliphatic carboxylic acids is 1. The fourth-order valence-corrected chi connectivity index (χ4v) is 2.97. The zero-order valence-corrected chi connectivity index (χ0v) is 14.3. The van der Waals surface area contributed by atoms with Gasteiger partial charge < -0.3 is 20.5 Å². The predicted molar refractivity (Wildman–Crippen MR) is 85.9 cm³/mol. The van der Waals surface area contributed by atoms with E-state index in [4.69, 9.17) is 16.3 Å². The van der Waals surface area contributed by atoms with Gasteiger partial charge in [0.2, 0.25) is 11.4 Å². The molecule has 1 amide bonds. The van der Waals surface area contributed by atoms with Gasteiger partial charge in [0.25, 0.3) is 0 Å². The number of carbonyl (C=O) groups is 2. The lowest BCUT2D eigenvalue weighted by atomic mass is 9.85. The molecule has 0 aliphatic carbocycles. The second-order valence-electron chi connectivity index (χ2n) is 5.34. The van der Waals surface area contributed by atoms with E-state index in [9.17, 15) is 23.5 Å². The van der Waals surface area contributed by atoms with Gasteiger partial charge in [-0.05, 0) is 30.8 Å². The van der Waals surface area contributed by atoms with Crippen LogP contribution < -0.4 is 15.4 Å². The van der Waals surface area contributed by atoms with E-state index in [2.05, 4.69) is 10.6 Å². The van der Waals surface area contributed by atoms with E-state index in [1.54, 1.807) is 0 Å². The van der Waals surface area contributed by atoms with Crippen molar-refractivity contribution in [1.29, 1.82) is 0 Å². The topological polar surface area (TPSA) is 87.7 Å². The highest BCUT2D eigenvalue weighted by molar-refractivity contribution is 6.33. The van der Waals surface area contributed by atoms with Crippen LogP contribution in [-0.2, 0) is 15.1 Å². The molecule has 0 radical (unpaired) electrons. The molecule has 0 saturated heterocycles. The third kappa shape index (κ3) is 2.93. The van der Waals surface area contributed by atoms with Crippen molar-refractivity contribution in [1.82, 2.24) is 10.6 Å². The number of dihydropyridines is 1. The lowest BCUT2D eigenvalue weighted by Crippen LogP contribution is -2.51. The minimum Gasteiger partial charge on any atom is -0.493 e. The first-order valence-electron chi connectivity index (χ1n) is 7.05. The Morgan fingerprint density at radius 1 is 1.40 bits per heavy atom. The summed E-state index contributed by atoms with van der Waals surface area (Å²) in [6, 6.07) is 0.949. The molecule has 1 unspecified atom stereocenters. The summed E-state index contributed by atoms with van der Waals surface area (Å²) in [6.07, 6.45) is 2.42. The summed E-state index contributed by atoms with van der Waals surface area (Å²) in [5.74, 6) is -4.82. The second-order valence-corrected chi connectivity index (χ2v) is 5.72. The number of amides is 1. The van der Waals surface area contributed by atoms with Gasteiger partial charge in [0, 0.05) is 6.92 Å². The van der Waals surface area contributed by atoms with Crippen LogP contribution in [0.4, 0.5) is 8.78 Å². The first-order valence-corrected chi connectivity index (χ1v) is 7.43. The first kappa shape index (κ1) is 18.7. The molecule has 1 heterocycles. The van der Waals surface area contributed by atoms with Gasteiger partial charge in [0.1, 0.15) is 5.82 Å². The summed E-state index contributed by atoms with van der Waals surface area (Å²) in [5.41, 5.74) is -3.26. The Morgan fingerprint density at radius 2 is 2.04 bits per heavy atom. The zero-order valence-electron chi connectivity index (χ0n) is 13.5. The van der Waals surface area contributed by atoms with Crippen LogP contribution in [0, 0.1) is 18.6 Å². The number of carbonyl (C=O) groups excluding carboxylic acids is 1. The molecule has 1 atom stereocenters. The summed E-state index contributed by atoms with van der Waals surface area (Å²) >= 11 is 6.15. The molecular weight excluding hydrogens is 358 g/mol. The van der Waals surface area contributed by atoms with E-state index in [1.807, 2.05) is 0 Å². The number of hydrogen-bond acceptors (Lipinski definition) is 4. The van der Waals surface area contributed by atoms with Crippen molar-refractivity contribution < 1.29 is 28.2 Å². The monoisotopic (exact) mass is 372 g/mol. The molecule has 2 rings (SSSR count). The van der Waals surface area contributed by atoms with E-state index in [-0.39, 0.29) is 17.0 Å². The Hall–Kier alpha value is -2.61. The number of methoxy groups -OCH3 is 1. The Morgan fingerprint density at radius 3 is 2.56 bits per heavy atom.